The third-order valence-electron chi connectivity index (χ3n) is 3.60. The maximum atomic E-state index is 12.4. The lowest BCUT2D eigenvalue weighted by Gasteiger charge is -2.24. The summed E-state index contributed by atoms with van der Waals surface area (Å²) in [6, 6.07) is 5.74. The van der Waals surface area contributed by atoms with Crippen molar-refractivity contribution in [2.75, 3.05) is 0 Å². The first-order valence-corrected chi connectivity index (χ1v) is 9.85. The Morgan fingerprint density at radius 3 is 2.62 bits per heavy atom. The van der Waals surface area contributed by atoms with Crippen LogP contribution in [0.3, 0.4) is 0 Å². The fraction of sp³-hybridized carbons (Fsp3) is 0.400. The van der Waals surface area contributed by atoms with Crippen LogP contribution in [-0.4, -0.2) is 36.8 Å². The molecule has 132 valence electrons. The predicted octanol–water partition coefficient (Wildman–Crippen LogP) is 1.21. The quantitative estimate of drug-likeness (QED) is 0.431. The minimum atomic E-state index is -3.90. The van der Waals surface area contributed by atoms with Crippen molar-refractivity contribution in [3.8, 4) is 0 Å². The standard InChI is InChI=1S/C15H20N2O5S2/c1-9(2)14(18)13(15(19)16-20)17-24(21,22)8-10-3-4-12-11(7-10)5-6-23-12/h3-7,9,13-14,17-18,20H,8H2,1-2H3,(H,16,19)/t13-,14+/m1/s1. The van der Waals surface area contributed by atoms with Gasteiger partial charge in [0.05, 0.1) is 11.9 Å². The van der Waals surface area contributed by atoms with E-state index < -0.39 is 28.1 Å². The summed E-state index contributed by atoms with van der Waals surface area (Å²) in [7, 11) is -3.90. The van der Waals surface area contributed by atoms with Crippen LogP contribution in [0.1, 0.15) is 19.4 Å². The van der Waals surface area contributed by atoms with E-state index in [9.17, 15) is 18.3 Å². The van der Waals surface area contributed by atoms with Gasteiger partial charge < -0.3 is 5.11 Å². The average molecular weight is 372 g/mol. The van der Waals surface area contributed by atoms with Gasteiger partial charge in [0.15, 0.2) is 0 Å². The van der Waals surface area contributed by atoms with Crippen LogP contribution in [0.5, 0.6) is 0 Å². The maximum absolute atomic E-state index is 12.4. The van der Waals surface area contributed by atoms with Gasteiger partial charge >= 0.3 is 0 Å². The number of nitrogens with one attached hydrogen (secondary N) is 2. The molecule has 7 nitrogen and oxygen atoms in total. The van der Waals surface area contributed by atoms with E-state index in [0.29, 0.717) is 5.56 Å². The Balaban J connectivity index is 2.19. The molecule has 0 bridgehead atoms. The van der Waals surface area contributed by atoms with Crippen molar-refractivity contribution >= 4 is 37.4 Å². The number of benzene rings is 1. The van der Waals surface area contributed by atoms with E-state index in [0.717, 1.165) is 10.1 Å². The highest BCUT2D eigenvalue weighted by Gasteiger charge is 2.32. The first-order valence-electron chi connectivity index (χ1n) is 7.31. The summed E-state index contributed by atoms with van der Waals surface area (Å²) in [6.07, 6.45) is -1.27. The lowest BCUT2D eigenvalue weighted by molar-refractivity contribution is -0.134. The van der Waals surface area contributed by atoms with E-state index in [1.54, 1.807) is 37.3 Å². The summed E-state index contributed by atoms with van der Waals surface area (Å²) in [4.78, 5) is 11.7. The van der Waals surface area contributed by atoms with E-state index in [-0.39, 0.29) is 11.7 Å². The molecule has 1 aromatic carbocycles. The molecule has 0 aliphatic heterocycles. The van der Waals surface area contributed by atoms with Crippen molar-refractivity contribution in [2.24, 2.45) is 5.92 Å². The second-order valence-corrected chi connectivity index (χ2v) is 8.56. The third kappa shape index (κ3) is 4.52. The smallest absolute Gasteiger partial charge is 0.264 e. The molecule has 0 unspecified atom stereocenters. The average Bonchev–Trinajstić information content (AvgIpc) is 2.98. The number of hydrogen-bond donors (Lipinski definition) is 4. The summed E-state index contributed by atoms with van der Waals surface area (Å²) in [6.45, 7) is 3.28. The number of carbonyl (C=O) groups excluding carboxylic acids is 1. The largest absolute Gasteiger partial charge is 0.391 e. The Labute approximate surface area is 144 Å². The molecule has 0 aliphatic carbocycles. The summed E-state index contributed by atoms with van der Waals surface area (Å²) in [5.74, 6) is -1.72. The normalized spacial score (nSPS) is 14.7. The molecule has 2 atom stereocenters. The van der Waals surface area contributed by atoms with E-state index >= 15 is 0 Å². The van der Waals surface area contributed by atoms with E-state index in [4.69, 9.17) is 5.21 Å². The fourth-order valence-electron chi connectivity index (χ4n) is 2.29. The predicted molar refractivity (Wildman–Crippen MR) is 92.1 cm³/mol. The van der Waals surface area contributed by atoms with Crippen LogP contribution in [0.25, 0.3) is 10.1 Å². The molecule has 4 N–H and O–H groups in total. The van der Waals surface area contributed by atoms with Gasteiger partial charge in [0.25, 0.3) is 5.91 Å². The first kappa shape index (κ1) is 18.8. The zero-order valence-electron chi connectivity index (χ0n) is 13.3. The molecule has 2 aromatic rings. The highest BCUT2D eigenvalue weighted by molar-refractivity contribution is 7.88. The number of aliphatic hydroxyl groups is 1. The number of thiophene rings is 1. The molecule has 9 heteroatoms. The van der Waals surface area contributed by atoms with Crippen molar-refractivity contribution in [1.82, 2.24) is 10.2 Å². The number of rotatable bonds is 7. The molecular weight excluding hydrogens is 352 g/mol. The summed E-state index contributed by atoms with van der Waals surface area (Å²) in [5, 5.41) is 21.7. The summed E-state index contributed by atoms with van der Waals surface area (Å²) >= 11 is 1.56. The molecule has 0 saturated carbocycles. The van der Waals surface area contributed by atoms with Gasteiger partial charge in [-0.3, -0.25) is 10.0 Å². The number of amides is 1. The number of hydrogen-bond acceptors (Lipinski definition) is 6. The lowest BCUT2D eigenvalue weighted by Crippen LogP contribution is -2.54. The second kappa shape index (κ2) is 7.58. The van der Waals surface area contributed by atoms with Crippen LogP contribution in [0.2, 0.25) is 0 Å². The number of aliphatic hydroxyl groups excluding tert-OH is 1. The number of carbonyl (C=O) groups is 1. The Morgan fingerprint density at radius 1 is 1.29 bits per heavy atom. The Kier molecular flexibility index (Phi) is 5.94. The molecule has 24 heavy (non-hydrogen) atoms. The van der Waals surface area contributed by atoms with Gasteiger partial charge in [0.2, 0.25) is 10.0 Å². The SMILES string of the molecule is CC(C)[C@H](O)[C@@H](NS(=O)(=O)Cc1ccc2sccc2c1)C(=O)NO. The molecule has 1 aromatic heterocycles. The topological polar surface area (TPSA) is 116 Å². The zero-order valence-corrected chi connectivity index (χ0v) is 14.9. The molecule has 1 heterocycles. The van der Waals surface area contributed by atoms with Crippen molar-refractivity contribution in [3.05, 3.63) is 35.2 Å². The molecule has 0 aliphatic rings. The van der Waals surface area contributed by atoms with Crippen LogP contribution in [0, 0.1) is 5.92 Å². The molecule has 0 spiro atoms. The fourth-order valence-corrected chi connectivity index (χ4v) is 4.40. The second-order valence-electron chi connectivity index (χ2n) is 5.86. The molecule has 2 rings (SSSR count). The van der Waals surface area contributed by atoms with Crippen LogP contribution in [0.15, 0.2) is 29.6 Å². The molecular formula is C15H20N2O5S2. The number of fused-ring (bicyclic) bond motifs is 1. The van der Waals surface area contributed by atoms with Gasteiger partial charge in [-0.25, -0.2) is 13.9 Å². The molecule has 0 saturated heterocycles. The van der Waals surface area contributed by atoms with Crippen LogP contribution in [-0.2, 0) is 20.6 Å². The minimum Gasteiger partial charge on any atom is -0.391 e. The Hall–Kier alpha value is -1.52. The van der Waals surface area contributed by atoms with E-state index in [2.05, 4.69) is 4.72 Å². The van der Waals surface area contributed by atoms with Crippen LogP contribution >= 0.6 is 11.3 Å². The van der Waals surface area contributed by atoms with E-state index in [1.807, 2.05) is 17.5 Å². The summed E-state index contributed by atoms with van der Waals surface area (Å²) in [5.41, 5.74) is 1.95. The summed E-state index contributed by atoms with van der Waals surface area (Å²) < 4.78 is 27.9. The number of sulfonamides is 1. The van der Waals surface area contributed by atoms with Crippen LogP contribution in [0.4, 0.5) is 0 Å². The zero-order chi connectivity index (χ0) is 17.9. The molecule has 1 amide bonds. The first-order chi connectivity index (χ1) is 11.2. The van der Waals surface area contributed by atoms with Gasteiger partial charge in [-0.05, 0) is 40.4 Å². The minimum absolute atomic E-state index is 0.335. The van der Waals surface area contributed by atoms with E-state index in [1.165, 1.54) is 5.48 Å². The Morgan fingerprint density at radius 2 is 2.00 bits per heavy atom. The van der Waals surface area contributed by atoms with Gasteiger partial charge in [-0.2, -0.15) is 4.72 Å². The van der Waals surface area contributed by atoms with Gasteiger partial charge in [0.1, 0.15) is 6.04 Å². The Bertz CT molecular complexity index is 816. The maximum Gasteiger partial charge on any atom is 0.264 e. The van der Waals surface area contributed by atoms with Gasteiger partial charge in [-0.15, -0.1) is 11.3 Å². The highest BCUT2D eigenvalue weighted by Crippen LogP contribution is 2.22. The number of hydroxylamine groups is 1. The van der Waals surface area contributed by atoms with Crippen molar-refractivity contribution in [3.63, 3.8) is 0 Å². The highest BCUT2D eigenvalue weighted by atomic mass is 32.2. The van der Waals surface area contributed by atoms with Crippen LogP contribution < -0.4 is 10.2 Å². The monoisotopic (exact) mass is 372 g/mol. The van der Waals surface area contributed by atoms with Gasteiger partial charge in [-0.1, -0.05) is 19.9 Å². The van der Waals surface area contributed by atoms with Crippen molar-refractivity contribution in [2.45, 2.75) is 31.7 Å². The third-order valence-corrected chi connectivity index (χ3v) is 5.82. The van der Waals surface area contributed by atoms with Crippen molar-refractivity contribution in [1.29, 1.82) is 0 Å². The molecule has 0 fully saturated rings. The van der Waals surface area contributed by atoms with Crippen molar-refractivity contribution < 1.29 is 23.5 Å². The lowest BCUT2D eigenvalue weighted by atomic mass is 10.0. The molecule has 0 radical (unpaired) electrons. The van der Waals surface area contributed by atoms with Gasteiger partial charge in [0, 0.05) is 4.70 Å².